The lowest BCUT2D eigenvalue weighted by Crippen LogP contribution is -2.32. The molecule has 1 aliphatic carbocycles. The van der Waals surface area contributed by atoms with E-state index in [2.05, 4.69) is 0 Å². The second-order valence-electron chi connectivity index (χ2n) is 3.61. The van der Waals surface area contributed by atoms with Crippen LogP contribution in [0, 0.1) is 5.92 Å². The molecule has 0 aromatic carbocycles. The van der Waals surface area contributed by atoms with Gasteiger partial charge in [0.2, 0.25) is 5.91 Å². The minimum atomic E-state index is 0. The van der Waals surface area contributed by atoms with Gasteiger partial charge in [0.05, 0.1) is 0 Å². The van der Waals surface area contributed by atoms with Crippen molar-refractivity contribution >= 4 is 18.3 Å². The van der Waals surface area contributed by atoms with E-state index >= 15 is 0 Å². The second kappa shape index (κ2) is 3.62. The van der Waals surface area contributed by atoms with Crippen LogP contribution in [0.25, 0.3) is 0 Å². The summed E-state index contributed by atoms with van der Waals surface area (Å²) in [5.41, 5.74) is 5.69. The van der Waals surface area contributed by atoms with Crippen LogP contribution in [0.5, 0.6) is 0 Å². The molecule has 70 valence electrons. The van der Waals surface area contributed by atoms with Crippen LogP contribution < -0.4 is 5.73 Å². The summed E-state index contributed by atoms with van der Waals surface area (Å²) in [4.78, 5) is 13.3. The number of carbonyl (C=O) groups is 1. The predicted molar refractivity (Wildman–Crippen MR) is 49.1 cm³/mol. The molecule has 0 spiro atoms. The molecule has 4 heteroatoms. The molecule has 12 heavy (non-hydrogen) atoms. The highest BCUT2D eigenvalue weighted by Crippen LogP contribution is 2.31. The SMILES string of the molecule is Cl.N[C@@H]1CCN(C(=O)C2CC2)C1. The number of nitrogens with zero attached hydrogens (tertiary/aromatic N) is 1. The van der Waals surface area contributed by atoms with Gasteiger partial charge in [0, 0.05) is 25.0 Å². The van der Waals surface area contributed by atoms with Crippen LogP contribution in [0.1, 0.15) is 19.3 Å². The molecule has 1 saturated carbocycles. The number of amides is 1. The van der Waals surface area contributed by atoms with Crippen molar-refractivity contribution in [1.29, 1.82) is 0 Å². The highest BCUT2D eigenvalue weighted by Gasteiger charge is 2.35. The molecular weight excluding hydrogens is 176 g/mol. The zero-order valence-electron chi connectivity index (χ0n) is 7.03. The molecule has 0 radical (unpaired) electrons. The number of likely N-dealkylation sites (tertiary alicyclic amines) is 1. The van der Waals surface area contributed by atoms with Gasteiger partial charge < -0.3 is 10.6 Å². The van der Waals surface area contributed by atoms with Crippen LogP contribution in [-0.2, 0) is 4.79 Å². The Morgan fingerprint density at radius 1 is 1.33 bits per heavy atom. The molecule has 0 aromatic rings. The molecule has 2 rings (SSSR count). The second-order valence-corrected chi connectivity index (χ2v) is 3.61. The van der Waals surface area contributed by atoms with Crippen LogP contribution in [-0.4, -0.2) is 29.9 Å². The van der Waals surface area contributed by atoms with Gasteiger partial charge in [0.25, 0.3) is 0 Å². The smallest absolute Gasteiger partial charge is 0.225 e. The molecule has 1 heterocycles. The molecule has 1 amide bonds. The van der Waals surface area contributed by atoms with Crippen molar-refractivity contribution in [2.75, 3.05) is 13.1 Å². The summed E-state index contributed by atoms with van der Waals surface area (Å²) in [5.74, 6) is 0.707. The zero-order chi connectivity index (χ0) is 7.84. The fourth-order valence-electron chi connectivity index (χ4n) is 1.58. The molecule has 0 unspecified atom stereocenters. The first-order valence-electron chi connectivity index (χ1n) is 4.32. The summed E-state index contributed by atoms with van der Waals surface area (Å²) in [5, 5.41) is 0. The fourth-order valence-corrected chi connectivity index (χ4v) is 1.58. The predicted octanol–water partition coefficient (Wildman–Crippen LogP) is 0.378. The quantitative estimate of drug-likeness (QED) is 0.650. The summed E-state index contributed by atoms with van der Waals surface area (Å²) in [6.07, 6.45) is 3.19. The molecule has 0 bridgehead atoms. The standard InChI is InChI=1S/C8H14N2O.ClH/c9-7-3-4-10(5-7)8(11)6-1-2-6;/h6-7H,1-5,9H2;1H/t7-;/m1./s1. The van der Waals surface area contributed by atoms with E-state index in [1.165, 1.54) is 0 Å². The lowest BCUT2D eigenvalue weighted by Gasteiger charge is -2.14. The van der Waals surface area contributed by atoms with Crippen molar-refractivity contribution in [2.24, 2.45) is 11.7 Å². The molecule has 1 saturated heterocycles. The van der Waals surface area contributed by atoms with Crippen molar-refractivity contribution < 1.29 is 4.79 Å². The van der Waals surface area contributed by atoms with E-state index in [-0.39, 0.29) is 18.4 Å². The first kappa shape index (κ1) is 9.81. The van der Waals surface area contributed by atoms with Crippen LogP contribution >= 0.6 is 12.4 Å². The number of halogens is 1. The summed E-state index contributed by atoms with van der Waals surface area (Å²) in [6, 6.07) is 0.234. The van der Waals surface area contributed by atoms with Crippen LogP contribution in [0.3, 0.4) is 0 Å². The third-order valence-corrected chi connectivity index (χ3v) is 2.46. The minimum absolute atomic E-state index is 0. The number of nitrogens with two attached hydrogens (primary N) is 1. The number of rotatable bonds is 1. The molecule has 1 aliphatic heterocycles. The first-order chi connectivity index (χ1) is 5.27. The highest BCUT2D eigenvalue weighted by atomic mass is 35.5. The lowest BCUT2D eigenvalue weighted by atomic mass is 10.3. The molecular formula is C8H15ClN2O. The third-order valence-electron chi connectivity index (χ3n) is 2.46. The normalized spacial score (nSPS) is 28.4. The van der Waals surface area contributed by atoms with Crippen LogP contribution in [0.4, 0.5) is 0 Å². The Bertz CT molecular complexity index is 182. The van der Waals surface area contributed by atoms with E-state index in [0.717, 1.165) is 32.4 Å². The minimum Gasteiger partial charge on any atom is -0.341 e. The number of hydrogen-bond donors (Lipinski definition) is 1. The summed E-state index contributed by atoms with van der Waals surface area (Å²) < 4.78 is 0. The van der Waals surface area contributed by atoms with E-state index in [1.807, 2.05) is 4.90 Å². The maximum Gasteiger partial charge on any atom is 0.225 e. The van der Waals surface area contributed by atoms with E-state index in [1.54, 1.807) is 0 Å². The number of carbonyl (C=O) groups excluding carboxylic acids is 1. The maximum absolute atomic E-state index is 11.4. The molecule has 0 aromatic heterocycles. The Morgan fingerprint density at radius 2 is 2.00 bits per heavy atom. The van der Waals surface area contributed by atoms with Gasteiger partial charge in [0.1, 0.15) is 0 Å². The van der Waals surface area contributed by atoms with E-state index in [0.29, 0.717) is 11.8 Å². The third kappa shape index (κ3) is 1.90. The van der Waals surface area contributed by atoms with Gasteiger partial charge in [-0.05, 0) is 19.3 Å². The van der Waals surface area contributed by atoms with Crippen LogP contribution in [0.15, 0.2) is 0 Å². The van der Waals surface area contributed by atoms with E-state index in [9.17, 15) is 4.79 Å². The van der Waals surface area contributed by atoms with Crippen molar-refractivity contribution in [3.63, 3.8) is 0 Å². The van der Waals surface area contributed by atoms with E-state index in [4.69, 9.17) is 5.73 Å². The number of hydrogen-bond acceptors (Lipinski definition) is 2. The van der Waals surface area contributed by atoms with Gasteiger partial charge in [-0.15, -0.1) is 12.4 Å². The Balaban J connectivity index is 0.000000720. The average molecular weight is 191 g/mol. The topological polar surface area (TPSA) is 46.3 Å². The Hall–Kier alpha value is -0.280. The molecule has 2 fully saturated rings. The molecule has 3 nitrogen and oxygen atoms in total. The lowest BCUT2D eigenvalue weighted by molar-refractivity contribution is -0.131. The van der Waals surface area contributed by atoms with Gasteiger partial charge in [-0.2, -0.15) is 0 Å². The summed E-state index contributed by atoms with van der Waals surface area (Å²) in [7, 11) is 0. The first-order valence-corrected chi connectivity index (χ1v) is 4.32. The van der Waals surface area contributed by atoms with Crippen molar-refractivity contribution in [2.45, 2.75) is 25.3 Å². The van der Waals surface area contributed by atoms with Crippen molar-refractivity contribution in [3.8, 4) is 0 Å². The summed E-state index contributed by atoms with van der Waals surface area (Å²) >= 11 is 0. The Labute approximate surface area is 78.7 Å². The monoisotopic (exact) mass is 190 g/mol. The average Bonchev–Trinajstić information content (AvgIpc) is 2.74. The molecule has 1 atom stereocenters. The largest absolute Gasteiger partial charge is 0.341 e. The van der Waals surface area contributed by atoms with Gasteiger partial charge >= 0.3 is 0 Å². The van der Waals surface area contributed by atoms with Gasteiger partial charge in [0.15, 0.2) is 0 Å². The van der Waals surface area contributed by atoms with Gasteiger partial charge in [-0.3, -0.25) is 4.79 Å². The summed E-state index contributed by atoms with van der Waals surface area (Å²) in [6.45, 7) is 1.67. The van der Waals surface area contributed by atoms with Gasteiger partial charge in [-0.25, -0.2) is 0 Å². The highest BCUT2D eigenvalue weighted by molar-refractivity contribution is 5.85. The van der Waals surface area contributed by atoms with Crippen molar-refractivity contribution in [3.05, 3.63) is 0 Å². The zero-order valence-corrected chi connectivity index (χ0v) is 7.85. The fraction of sp³-hybridized carbons (Fsp3) is 0.875. The molecule has 2 aliphatic rings. The van der Waals surface area contributed by atoms with Gasteiger partial charge in [-0.1, -0.05) is 0 Å². The van der Waals surface area contributed by atoms with E-state index < -0.39 is 0 Å². The van der Waals surface area contributed by atoms with Crippen molar-refractivity contribution in [1.82, 2.24) is 4.90 Å². The molecule has 2 N–H and O–H groups in total. The van der Waals surface area contributed by atoms with Crippen LogP contribution in [0.2, 0.25) is 0 Å². The Morgan fingerprint density at radius 3 is 2.42 bits per heavy atom. The Kier molecular flexibility index (Phi) is 2.96. The maximum atomic E-state index is 11.4.